The number of carbonyl (C=O) groups is 1. The third-order valence-electron chi connectivity index (χ3n) is 3.64. The van der Waals surface area contributed by atoms with E-state index in [1.165, 1.54) is 11.0 Å². The molecule has 1 fully saturated rings. The van der Waals surface area contributed by atoms with Gasteiger partial charge in [0, 0.05) is 0 Å². The molecule has 0 aliphatic carbocycles. The lowest BCUT2D eigenvalue weighted by atomic mass is 10.1. The number of carbonyl (C=O) groups excluding carboxylic acids is 1. The molecule has 0 aromatic heterocycles. The largest absolute Gasteiger partial charge is 0.444 e. The van der Waals surface area contributed by atoms with Gasteiger partial charge < -0.3 is 14.4 Å². The van der Waals surface area contributed by atoms with E-state index in [0.717, 1.165) is 12.1 Å². The second kappa shape index (κ2) is 6.63. The Balaban J connectivity index is 1.81. The first-order valence-electron chi connectivity index (χ1n) is 7.72. The summed E-state index contributed by atoms with van der Waals surface area (Å²) < 4.78 is 48.8. The fraction of sp³-hybridized carbons (Fsp3) is 0.588. The van der Waals surface area contributed by atoms with Crippen LogP contribution in [0.2, 0.25) is 0 Å². The lowest BCUT2D eigenvalue weighted by Crippen LogP contribution is -2.55. The van der Waals surface area contributed by atoms with Crippen molar-refractivity contribution in [3.63, 3.8) is 0 Å². The molecule has 4 nitrogen and oxygen atoms in total. The number of nitrogens with zero attached hydrogens (tertiary/aromatic N) is 1. The van der Waals surface area contributed by atoms with Gasteiger partial charge in [-0.2, -0.15) is 13.2 Å². The van der Waals surface area contributed by atoms with Gasteiger partial charge in [-0.1, -0.05) is 6.07 Å². The van der Waals surface area contributed by atoms with E-state index >= 15 is 0 Å². The molecule has 1 heterocycles. The van der Waals surface area contributed by atoms with Gasteiger partial charge in [0.2, 0.25) is 0 Å². The Hall–Kier alpha value is -1.76. The summed E-state index contributed by atoms with van der Waals surface area (Å²) in [5.74, 6) is 0. The van der Waals surface area contributed by atoms with E-state index in [4.69, 9.17) is 9.47 Å². The van der Waals surface area contributed by atoms with Gasteiger partial charge in [0.15, 0.2) is 0 Å². The predicted molar refractivity (Wildman–Crippen MR) is 82.6 cm³/mol. The summed E-state index contributed by atoms with van der Waals surface area (Å²) in [6.45, 7) is 8.09. The maximum atomic E-state index is 12.6. The smallest absolute Gasteiger partial charge is 0.416 e. The number of ether oxygens (including phenoxy) is 2. The molecule has 0 bridgehead atoms. The maximum Gasteiger partial charge on any atom is 0.416 e. The van der Waals surface area contributed by atoms with Crippen molar-refractivity contribution >= 4 is 6.09 Å². The molecule has 1 amide bonds. The molecule has 2 rings (SSSR count). The molecule has 134 valence electrons. The van der Waals surface area contributed by atoms with Gasteiger partial charge in [-0.15, -0.1) is 0 Å². The lowest BCUT2D eigenvalue weighted by molar-refractivity contribution is -0.137. The summed E-state index contributed by atoms with van der Waals surface area (Å²) in [7, 11) is 0. The molecule has 7 heteroatoms. The Kier molecular flexibility index (Phi) is 5.13. The minimum absolute atomic E-state index is 0.126. The Morgan fingerprint density at radius 2 is 1.88 bits per heavy atom. The highest BCUT2D eigenvalue weighted by atomic mass is 19.4. The number of alkyl halides is 3. The molecular weight excluding hydrogens is 323 g/mol. The van der Waals surface area contributed by atoms with E-state index in [9.17, 15) is 18.0 Å². The zero-order valence-corrected chi connectivity index (χ0v) is 14.2. The van der Waals surface area contributed by atoms with Crippen LogP contribution in [0.15, 0.2) is 18.2 Å². The van der Waals surface area contributed by atoms with E-state index in [1.807, 2.05) is 0 Å². The third kappa shape index (κ3) is 4.87. The van der Waals surface area contributed by atoms with Crippen LogP contribution in [-0.4, -0.2) is 35.8 Å². The van der Waals surface area contributed by atoms with Gasteiger partial charge in [-0.3, -0.25) is 0 Å². The van der Waals surface area contributed by atoms with Crippen LogP contribution < -0.4 is 0 Å². The number of hydrogen-bond donors (Lipinski definition) is 0. The fourth-order valence-electron chi connectivity index (χ4n) is 2.26. The van der Waals surface area contributed by atoms with Gasteiger partial charge in [0.1, 0.15) is 5.60 Å². The molecule has 0 saturated carbocycles. The topological polar surface area (TPSA) is 38.8 Å². The Morgan fingerprint density at radius 1 is 1.25 bits per heavy atom. The Morgan fingerprint density at radius 3 is 2.38 bits per heavy atom. The molecule has 1 aliphatic heterocycles. The van der Waals surface area contributed by atoms with Crippen LogP contribution in [0.4, 0.5) is 18.0 Å². The SMILES string of the molecule is Cc1cc(C(F)(F)F)ccc1COC1CN(C(=O)OC(C)(C)C)C1. The molecule has 0 atom stereocenters. The normalized spacial score (nSPS) is 16.0. The van der Waals surface area contributed by atoms with Gasteiger partial charge in [0.05, 0.1) is 31.4 Å². The second-order valence-corrected chi connectivity index (χ2v) is 6.96. The molecule has 24 heavy (non-hydrogen) atoms. The van der Waals surface area contributed by atoms with Crippen molar-refractivity contribution in [2.75, 3.05) is 13.1 Å². The highest BCUT2D eigenvalue weighted by Crippen LogP contribution is 2.30. The van der Waals surface area contributed by atoms with E-state index in [-0.39, 0.29) is 18.8 Å². The number of halogens is 3. The van der Waals surface area contributed by atoms with Gasteiger partial charge in [0.25, 0.3) is 0 Å². The first kappa shape index (κ1) is 18.6. The zero-order chi connectivity index (χ0) is 18.1. The van der Waals surface area contributed by atoms with Crippen LogP contribution in [0.25, 0.3) is 0 Å². The van der Waals surface area contributed by atoms with Crippen LogP contribution in [0, 0.1) is 6.92 Å². The van der Waals surface area contributed by atoms with Crippen LogP contribution in [-0.2, 0) is 22.3 Å². The highest BCUT2D eigenvalue weighted by molar-refractivity contribution is 5.69. The van der Waals surface area contributed by atoms with E-state index in [2.05, 4.69) is 0 Å². The van der Waals surface area contributed by atoms with E-state index in [1.54, 1.807) is 27.7 Å². The average Bonchev–Trinajstić information content (AvgIpc) is 2.35. The number of rotatable bonds is 3. The summed E-state index contributed by atoms with van der Waals surface area (Å²) in [5.41, 5.74) is 0.0377. The van der Waals surface area contributed by atoms with Gasteiger partial charge in [-0.25, -0.2) is 4.79 Å². The molecule has 1 saturated heterocycles. The Bertz CT molecular complexity index is 602. The minimum Gasteiger partial charge on any atom is -0.444 e. The fourth-order valence-corrected chi connectivity index (χ4v) is 2.26. The summed E-state index contributed by atoms with van der Waals surface area (Å²) in [6, 6.07) is 3.61. The third-order valence-corrected chi connectivity index (χ3v) is 3.64. The van der Waals surface area contributed by atoms with Crippen molar-refractivity contribution in [1.29, 1.82) is 0 Å². The van der Waals surface area contributed by atoms with Crippen molar-refractivity contribution in [2.45, 2.75) is 52.2 Å². The molecule has 1 aromatic rings. The number of amides is 1. The maximum absolute atomic E-state index is 12.6. The minimum atomic E-state index is -4.34. The van der Waals surface area contributed by atoms with Gasteiger partial charge in [-0.05, 0) is 51.0 Å². The van der Waals surface area contributed by atoms with Crippen LogP contribution in [0.3, 0.4) is 0 Å². The quantitative estimate of drug-likeness (QED) is 0.826. The molecule has 0 N–H and O–H groups in total. The molecule has 1 aromatic carbocycles. The van der Waals surface area contributed by atoms with E-state index in [0.29, 0.717) is 24.2 Å². The number of aryl methyl sites for hydroxylation is 1. The highest BCUT2D eigenvalue weighted by Gasteiger charge is 2.34. The molecule has 0 spiro atoms. The molecular formula is C17H22F3NO3. The predicted octanol–water partition coefficient (Wildman–Crippen LogP) is 4.15. The number of hydrogen-bond acceptors (Lipinski definition) is 3. The van der Waals surface area contributed by atoms with Crippen LogP contribution in [0.1, 0.15) is 37.5 Å². The molecule has 1 aliphatic rings. The number of likely N-dealkylation sites (tertiary alicyclic amines) is 1. The van der Waals surface area contributed by atoms with E-state index < -0.39 is 17.3 Å². The number of benzene rings is 1. The molecule has 0 radical (unpaired) electrons. The first-order valence-corrected chi connectivity index (χ1v) is 7.72. The monoisotopic (exact) mass is 345 g/mol. The van der Waals surface area contributed by atoms with Gasteiger partial charge >= 0.3 is 12.3 Å². The lowest BCUT2D eigenvalue weighted by Gasteiger charge is -2.39. The summed E-state index contributed by atoms with van der Waals surface area (Å²) in [5, 5.41) is 0. The second-order valence-electron chi connectivity index (χ2n) is 6.96. The summed E-state index contributed by atoms with van der Waals surface area (Å²) in [6.07, 6.45) is -4.85. The first-order chi connectivity index (χ1) is 11.0. The standard InChI is InChI=1S/C17H22F3NO3/c1-11-7-13(17(18,19)20)6-5-12(11)10-23-14-8-21(9-14)15(22)24-16(2,3)4/h5-7,14H,8-10H2,1-4H3. The summed E-state index contributed by atoms with van der Waals surface area (Å²) in [4.78, 5) is 13.3. The van der Waals surface area contributed by atoms with Crippen molar-refractivity contribution in [3.05, 3.63) is 34.9 Å². The Labute approximate surface area is 139 Å². The van der Waals surface area contributed by atoms with Crippen LogP contribution in [0.5, 0.6) is 0 Å². The molecule has 0 unspecified atom stereocenters. The van der Waals surface area contributed by atoms with Crippen LogP contribution >= 0.6 is 0 Å². The van der Waals surface area contributed by atoms with Crippen molar-refractivity contribution in [1.82, 2.24) is 4.90 Å². The van der Waals surface area contributed by atoms with Crippen molar-refractivity contribution < 1.29 is 27.4 Å². The van der Waals surface area contributed by atoms with Crippen molar-refractivity contribution in [3.8, 4) is 0 Å². The van der Waals surface area contributed by atoms with Crippen molar-refractivity contribution in [2.24, 2.45) is 0 Å². The average molecular weight is 345 g/mol. The summed E-state index contributed by atoms with van der Waals surface area (Å²) >= 11 is 0. The zero-order valence-electron chi connectivity index (χ0n) is 14.2.